The minimum absolute atomic E-state index is 0.433. The number of carboxylic acid groups (broad SMARTS) is 1. The van der Waals surface area contributed by atoms with Crippen molar-refractivity contribution in [1.82, 2.24) is 0 Å². The fourth-order valence-electron chi connectivity index (χ4n) is 1.93. The van der Waals surface area contributed by atoms with Gasteiger partial charge in [0.15, 0.2) is 0 Å². The summed E-state index contributed by atoms with van der Waals surface area (Å²) in [6.45, 7) is 3.69. The van der Waals surface area contributed by atoms with Crippen LogP contribution >= 0.6 is 0 Å². The molecule has 1 aliphatic rings. The molecule has 0 heterocycles. The molecule has 72 valence electrons. The zero-order valence-corrected chi connectivity index (χ0v) is 7.83. The van der Waals surface area contributed by atoms with Crippen molar-refractivity contribution in [2.75, 3.05) is 0 Å². The molecule has 1 atom stereocenters. The number of aliphatic carboxylic acids is 1. The molecule has 2 heteroatoms. The van der Waals surface area contributed by atoms with Crippen molar-refractivity contribution in [3.63, 3.8) is 0 Å². The van der Waals surface area contributed by atoms with Gasteiger partial charge in [0, 0.05) is 6.08 Å². The molecule has 1 aliphatic carbocycles. The number of carboxylic acids is 1. The largest absolute Gasteiger partial charge is 0.478 e. The van der Waals surface area contributed by atoms with Crippen molar-refractivity contribution in [2.45, 2.75) is 32.1 Å². The molecule has 1 unspecified atom stereocenters. The molecule has 0 aromatic carbocycles. The normalized spacial score (nSPS) is 25.8. The van der Waals surface area contributed by atoms with Crippen molar-refractivity contribution in [3.05, 3.63) is 24.3 Å². The molecule has 0 amide bonds. The van der Waals surface area contributed by atoms with Gasteiger partial charge in [0.1, 0.15) is 0 Å². The molecule has 0 radical (unpaired) electrons. The van der Waals surface area contributed by atoms with Gasteiger partial charge >= 0.3 is 5.97 Å². The summed E-state index contributed by atoms with van der Waals surface area (Å²) in [4.78, 5) is 10.5. The molecule has 0 bridgehead atoms. The number of allylic oxidation sites excluding steroid dienone is 2. The third kappa shape index (κ3) is 3.05. The van der Waals surface area contributed by atoms with Gasteiger partial charge < -0.3 is 5.11 Å². The molecule has 1 N–H and O–H groups in total. The van der Waals surface area contributed by atoms with Crippen LogP contribution < -0.4 is 0 Å². The van der Waals surface area contributed by atoms with Gasteiger partial charge in [-0.15, -0.1) is 6.58 Å². The zero-order valence-electron chi connectivity index (χ0n) is 7.83. The van der Waals surface area contributed by atoms with Gasteiger partial charge in [-0.05, 0) is 31.6 Å². The molecular weight excluding hydrogens is 164 g/mol. The second kappa shape index (κ2) is 4.85. The average Bonchev–Trinajstić information content (AvgIpc) is 2.08. The average molecular weight is 180 g/mol. The monoisotopic (exact) mass is 180 g/mol. The Labute approximate surface area is 79.0 Å². The smallest absolute Gasteiger partial charge is 0.328 e. The highest BCUT2D eigenvalue weighted by atomic mass is 16.4. The van der Waals surface area contributed by atoms with Crippen LogP contribution in [-0.4, -0.2) is 11.1 Å². The van der Waals surface area contributed by atoms with Gasteiger partial charge in [0.2, 0.25) is 0 Å². The van der Waals surface area contributed by atoms with Gasteiger partial charge in [0.05, 0.1) is 0 Å². The first-order chi connectivity index (χ1) is 6.24. The first-order valence-electron chi connectivity index (χ1n) is 4.78. The van der Waals surface area contributed by atoms with Crippen LogP contribution in [0.3, 0.4) is 0 Å². The Hall–Kier alpha value is -1.05. The second-order valence-corrected chi connectivity index (χ2v) is 3.52. The molecule has 0 saturated heterocycles. The Kier molecular flexibility index (Phi) is 3.74. The zero-order chi connectivity index (χ0) is 9.68. The van der Waals surface area contributed by atoms with Crippen LogP contribution in [0.2, 0.25) is 0 Å². The lowest BCUT2D eigenvalue weighted by Gasteiger charge is -2.23. The summed E-state index contributed by atoms with van der Waals surface area (Å²) in [6, 6.07) is 0. The minimum atomic E-state index is -0.814. The maximum Gasteiger partial charge on any atom is 0.328 e. The third-order valence-corrected chi connectivity index (χ3v) is 2.55. The Morgan fingerprint density at radius 3 is 3.00 bits per heavy atom. The van der Waals surface area contributed by atoms with Crippen LogP contribution in [0.4, 0.5) is 0 Å². The summed E-state index contributed by atoms with van der Waals surface area (Å²) in [5, 5.41) is 8.65. The maximum absolute atomic E-state index is 10.5. The van der Waals surface area contributed by atoms with E-state index in [9.17, 15) is 4.79 Å². The lowest BCUT2D eigenvalue weighted by atomic mass is 9.82. The highest BCUT2D eigenvalue weighted by Gasteiger charge is 2.18. The van der Waals surface area contributed by atoms with Gasteiger partial charge in [0.25, 0.3) is 0 Å². The van der Waals surface area contributed by atoms with Crippen molar-refractivity contribution >= 4 is 5.97 Å². The van der Waals surface area contributed by atoms with Crippen molar-refractivity contribution in [3.8, 4) is 0 Å². The van der Waals surface area contributed by atoms with Crippen LogP contribution in [0.15, 0.2) is 24.3 Å². The molecule has 2 nitrogen and oxygen atoms in total. The highest BCUT2D eigenvalue weighted by molar-refractivity contribution is 5.80. The van der Waals surface area contributed by atoms with Gasteiger partial charge in [-0.3, -0.25) is 0 Å². The lowest BCUT2D eigenvalue weighted by Crippen LogP contribution is -2.10. The van der Waals surface area contributed by atoms with E-state index in [1.165, 1.54) is 12.5 Å². The van der Waals surface area contributed by atoms with Gasteiger partial charge in [-0.2, -0.15) is 0 Å². The quantitative estimate of drug-likeness (QED) is 0.535. The third-order valence-electron chi connectivity index (χ3n) is 2.55. The molecule has 1 rings (SSSR count). The number of hydrogen-bond donors (Lipinski definition) is 1. The minimum Gasteiger partial charge on any atom is -0.478 e. The summed E-state index contributed by atoms with van der Waals surface area (Å²) in [6.07, 6.45) is 8.59. The highest BCUT2D eigenvalue weighted by Crippen LogP contribution is 2.31. The molecule has 0 spiro atoms. The molecule has 1 fully saturated rings. The van der Waals surface area contributed by atoms with E-state index >= 15 is 0 Å². The van der Waals surface area contributed by atoms with Crippen LogP contribution in [0.1, 0.15) is 32.1 Å². The molecule has 0 aliphatic heterocycles. The predicted molar refractivity (Wildman–Crippen MR) is 52.5 cm³/mol. The number of carbonyl (C=O) groups is 1. The summed E-state index contributed by atoms with van der Waals surface area (Å²) in [5.74, 6) is -0.381. The first-order valence-corrected chi connectivity index (χ1v) is 4.78. The second-order valence-electron chi connectivity index (χ2n) is 3.52. The summed E-state index contributed by atoms with van der Waals surface area (Å²) in [7, 11) is 0. The van der Waals surface area contributed by atoms with Crippen LogP contribution in [0.5, 0.6) is 0 Å². The summed E-state index contributed by atoms with van der Waals surface area (Å²) < 4.78 is 0. The maximum atomic E-state index is 10.5. The van der Waals surface area contributed by atoms with Gasteiger partial charge in [-0.1, -0.05) is 18.1 Å². The van der Waals surface area contributed by atoms with E-state index in [0.29, 0.717) is 5.92 Å². The van der Waals surface area contributed by atoms with Crippen molar-refractivity contribution in [2.24, 2.45) is 5.92 Å². The fourth-order valence-corrected chi connectivity index (χ4v) is 1.93. The Morgan fingerprint density at radius 1 is 1.62 bits per heavy atom. The molecule has 1 saturated carbocycles. The van der Waals surface area contributed by atoms with E-state index in [1.54, 1.807) is 0 Å². The predicted octanol–water partition coefficient (Wildman–Crippen LogP) is 2.76. The van der Waals surface area contributed by atoms with E-state index in [2.05, 4.69) is 6.58 Å². The van der Waals surface area contributed by atoms with E-state index in [0.717, 1.165) is 31.3 Å². The van der Waals surface area contributed by atoms with E-state index in [-0.39, 0.29) is 0 Å². The molecule has 13 heavy (non-hydrogen) atoms. The SMILES string of the molecule is C=CCC1CCCC/C1=C/C(=O)O. The Bertz CT molecular complexity index is 228. The van der Waals surface area contributed by atoms with E-state index < -0.39 is 5.97 Å². The van der Waals surface area contributed by atoms with Crippen LogP contribution in [0.25, 0.3) is 0 Å². The Morgan fingerprint density at radius 2 is 2.38 bits per heavy atom. The first kappa shape index (κ1) is 10.0. The summed E-state index contributed by atoms with van der Waals surface area (Å²) in [5.41, 5.74) is 1.10. The topological polar surface area (TPSA) is 37.3 Å². The van der Waals surface area contributed by atoms with Crippen LogP contribution in [0, 0.1) is 5.92 Å². The number of hydrogen-bond acceptors (Lipinski definition) is 1. The van der Waals surface area contributed by atoms with Gasteiger partial charge in [-0.25, -0.2) is 4.79 Å². The standard InChI is InChI=1S/C11H16O2/c1-2-5-9-6-3-4-7-10(9)8-11(12)13/h2,8-9H,1,3-7H2,(H,12,13)/b10-8-. The molecule has 0 aromatic heterocycles. The molecule has 0 aromatic rings. The summed E-state index contributed by atoms with van der Waals surface area (Å²) >= 11 is 0. The number of rotatable bonds is 3. The fraction of sp³-hybridized carbons (Fsp3) is 0.545. The molecular formula is C11H16O2. The van der Waals surface area contributed by atoms with Crippen molar-refractivity contribution < 1.29 is 9.90 Å². The Balaban J connectivity index is 2.66. The van der Waals surface area contributed by atoms with Crippen molar-refractivity contribution in [1.29, 1.82) is 0 Å². The van der Waals surface area contributed by atoms with Crippen LogP contribution in [-0.2, 0) is 4.79 Å². The van der Waals surface area contributed by atoms with E-state index in [4.69, 9.17) is 5.11 Å². The lowest BCUT2D eigenvalue weighted by molar-refractivity contribution is -0.131. The van der Waals surface area contributed by atoms with E-state index in [1.807, 2.05) is 6.08 Å².